The van der Waals surface area contributed by atoms with Crippen molar-refractivity contribution in [2.45, 2.75) is 51.6 Å². The first-order chi connectivity index (χ1) is 15.5. The SMILES string of the molecule is C=CCC(C=C)C1C=CC(c2cc3nc(OC4CCC(C(=O)O)CC4)[nH]c3cc2C)=CC1. The molecule has 1 heterocycles. The molecule has 2 aromatic rings. The Bertz CT molecular complexity index is 1070. The van der Waals surface area contributed by atoms with Crippen molar-refractivity contribution in [1.82, 2.24) is 9.97 Å². The standard InChI is InChI=1S/C27H32N2O3/c1-4-6-18(5-2)19-7-9-20(10-8-19)23-16-25-24(15-17(23)3)28-27(29-25)32-22-13-11-21(12-14-22)26(30)31/h4-5,7,9-10,15-16,18-19,21-22H,1-2,6,8,11-14H2,3H3,(H,28,29)(H,30,31). The largest absolute Gasteiger partial charge is 0.481 e. The second kappa shape index (κ2) is 9.60. The number of carbonyl (C=O) groups is 1. The van der Waals surface area contributed by atoms with Gasteiger partial charge in [-0.1, -0.05) is 30.4 Å². The van der Waals surface area contributed by atoms with Crippen LogP contribution in [-0.2, 0) is 4.79 Å². The molecule has 0 amide bonds. The van der Waals surface area contributed by atoms with Gasteiger partial charge in [0.25, 0.3) is 6.01 Å². The van der Waals surface area contributed by atoms with E-state index in [2.05, 4.69) is 60.4 Å². The molecule has 4 rings (SSSR count). The number of aromatic amines is 1. The number of hydrogen-bond acceptors (Lipinski definition) is 3. The molecule has 0 aliphatic heterocycles. The van der Waals surface area contributed by atoms with Crippen LogP contribution in [0.4, 0.5) is 0 Å². The highest BCUT2D eigenvalue weighted by Gasteiger charge is 2.27. The van der Waals surface area contributed by atoms with E-state index in [4.69, 9.17) is 4.74 Å². The molecule has 1 saturated carbocycles. The molecule has 2 N–H and O–H groups in total. The summed E-state index contributed by atoms with van der Waals surface area (Å²) in [5, 5.41) is 9.17. The van der Waals surface area contributed by atoms with Gasteiger partial charge in [-0.3, -0.25) is 4.79 Å². The third kappa shape index (κ3) is 4.72. The molecule has 1 aromatic heterocycles. The molecule has 2 unspecified atom stereocenters. The molecule has 0 bridgehead atoms. The molecule has 2 aliphatic carbocycles. The van der Waals surface area contributed by atoms with Crippen LogP contribution < -0.4 is 4.74 Å². The average Bonchev–Trinajstić information content (AvgIpc) is 3.18. The summed E-state index contributed by atoms with van der Waals surface area (Å²) in [4.78, 5) is 19.1. The maximum absolute atomic E-state index is 11.1. The van der Waals surface area contributed by atoms with Crippen molar-refractivity contribution in [3.05, 3.63) is 66.8 Å². The van der Waals surface area contributed by atoms with Crippen molar-refractivity contribution < 1.29 is 14.6 Å². The fraction of sp³-hybridized carbons (Fsp3) is 0.407. The Balaban J connectivity index is 1.47. The maximum atomic E-state index is 11.1. The third-order valence-electron chi connectivity index (χ3n) is 6.84. The summed E-state index contributed by atoms with van der Waals surface area (Å²) < 4.78 is 6.06. The lowest BCUT2D eigenvalue weighted by Crippen LogP contribution is -2.28. The molecule has 32 heavy (non-hydrogen) atoms. The number of aromatic nitrogens is 2. The van der Waals surface area contributed by atoms with Gasteiger partial charge < -0.3 is 14.8 Å². The van der Waals surface area contributed by atoms with Gasteiger partial charge in [0, 0.05) is 0 Å². The minimum atomic E-state index is -0.701. The van der Waals surface area contributed by atoms with Crippen LogP contribution in [0.1, 0.15) is 49.7 Å². The number of fused-ring (bicyclic) bond motifs is 1. The quantitative estimate of drug-likeness (QED) is 0.485. The number of imidazole rings is 1. The van der Waals surface area contributed by atoms with E-state index in [9.17, 15) is 9.90 Å². The van der Waals surface area contributed by atoms with Gasteiger partial charge in [0.05, 0.1) is 17.0 Å². The molecule has 0 spiro atoms. The van der Waals surface area contributed by atoms with Crippen molar-refractivity contribution in [3.63, 3.8) is 0 Å². The molecule has 5 nitrogen and oxygen atoms in total. The predicted molar refractivity (Wildman–Crippen MR) is 129 cm³/mol. The maximum Gasteiger partial charge on any atom is 0.306 e. The number of benzene rings is 1. The summed E-state index contributed by atoms with van der Waals surface area (Å²) in [5.41, 5.74) is 5.43. The molecular weight excluding hydrogens is 400 g/mol. The van der Waals surface area contributed by atoms with Gasteiger partial charge in [-0.05, 0) is 86.1 Å². The van der Waals surface area contributed by atoms with E-state index < -0.39 is 5.97 Å². The molecule has 2 atom stereocenters. The number of nitrogens with one attached hydrogen (secondary N) is 1. The second-order valence-corrected chi connectivity index (χ2v) is 9.00. The van der Waals surface area contributed by atoms with Gasteiger partial charge >= 0.3 is 5.97 Å². The predicted octanol–water partition coefficient (Wildman–Crippen LogP) is 6.23. The van der Waals surface area contributed by atoms with Crippen LogP contribution in [0, 0.1) is 24.7 Å². The smallest absolute Gasteiger partial charge is 0.306 e. The highest BCUT2D eigenvalue weighted by Crippen LogP contribution is 2.34. The van der Waals surface area contributed by atoms with Crippen LogP contribution in [0.2, 0.25) is 0 Å². The van der Waals surface area contributed by atoms with E-state index in [1.165, 1.54) is 16.7 Å². The number of hydrogen-bond donors (Lipinski definition) is 2. The second-order valence-electron chi connectivity index (χ2n) is 9.00. The van der Waals surface area contributed by atoms with E-state index >= 15 is 0 Å². The van der Waals surface area contributed by atoms with E-state index in [1.807, 2.05) is 12.2 Å². The van der Waals surface area contributed by atoms with Crippen LogP contribution in [0.25, 0.3) is 16.6 Å². The minimum Gasteiger partial charge on any atom is -0.481 e. The number of H-pyrrole nitrogens is 1. The zero-order valence-corrected chi connectivity index (χ0v) is 18.7. The average molecular weight is 433 g/mol. The van der Waals surface area contributed by atoms with Crippen LogP contribution in [0.15, 0.2) is 55.7 Å². The molecular formula is C27H32N2O3. The molecule has 1 aromatic carbocycles. The van der Waals surface area contributed by atoms with Crippen molar-refractivity contribution in [2.24, 2.45) is 17.8 Å². The zero-order valence-electron chi connectivity index (χ0n) is 18.7. The van der Waals surface area contributed by atoms with Crippen molar-refractivity contribution in [2.75, 3.05) is 0 Å². The Morgan fingerprint density at radius 2 is 2.09 bits per heavy atom. The van der Waals surface area contributed by atoms with E-state index in [0.717, 1.165) is 36.7 Å². The first kappa shape index (κ1) is 22.1. The summed E-state index contributed by atoms with van der Waals surface area (Å²) in [7, 11) is 0. The number of carboxylic acid groups (broad SMARTS) is 1. The molecule has 1 fully saturated rings. The van der Waals surface area contributed by atoms with Gasteiger partial charge in [0.15, 0.2) is 0 Å². The molecule has 0 radical (unpaired) electrons. The van der Waals surface area contributed by atoms with Gasteiger partial charge in [0.1, 0.15) is 6.10 Å². The van der Waals surface area contributed by atoms with Crippen LogP contribution in [0.3, 0.4) is 0 Å². The third-order valence-corrected chi connectivity index (χ3v) is 6.84. The topological polar surface area (TPSA) is 75.2 Å². The minimum absolute atomic E-state index is 0.0148. The van der Waals surface area contributed by atoms with Crippen molar-refractivity contribution in [3.8, 4) is 6.01 Å². The number of ether oxygens (including phenoxy) is 1. The van der Waals surface area contributed by atoms with Crippen molar-refractivity contribution in [1.29, 1.82) is 0 Å². The monoisotopic (exact) mass is 432 g/mol. The lowest BCUT2D eigenvalue weighted by atomic mass is 9.82. The Morgan fingerprint density at radius 1 is 1.31 bits per heavy atom. The van der Waals surface area contributed by atoms with Crippen molar-refractivity contribution >= 4 is 22.6 Å². The number of aryl methyl sites for hydroxylation is 1. The van der Waals surface area contributed by atoms with Gasteiger partial charge in [-0.15, -0.1) is 13.2 Å². The highest BCUT2D eigenvalue weighted by atomic mass is 16.5. The van der Waals surface area contributed by atoms with E-state index in [0.29, 0.717) is 30.7 Å². The first-order valence-electron chi connectivity index (χ1n) is 11.5. The molecule has 168 valence electrons. The Hall–Kier alpha value is -3.08. The lowest BCUT2D eigenvalue weighted by Gasteiger charge is -2.25. The van der Waals surface area contributed by atoms with Gasteiger partial charge in [-0.2, -0.15) is 4.98 Å². The number of nitrogens with zero attached hydrogens (tertiary/aromatic N) is 1. The molecule has 5 heteroatoms. The number of carboxylic acids is 1. The lowest BCUT2D eigenvalue weighted by molar-refractivity contribution is -0.143. The van der Waals surface area contributed by atoms with Gasteiger partial charge in [-0.25, -0.2) is 0 Å². The summed E-state index contributed by atoms with van der Waals surface area (Å²) in [6.07, 6.45) is 15.6. The summed E-state index contributed by atoms with van der Waals surface area (Å²) in [6, 6.07) is 4.76. The van der Waals surface area contributed by atoms with E-state index in [-0.39, 0.29) is 12.0 Å². The summed E-state index contributed by atoms with van der Waals surface area (Å²) in [5.74, 6) is -0.0689. The fourth-order valence-electron chi connectivity index (χ4n) is 4.89. The summed E-state index contributed by atoms with van der Waals surface area (Å²) >= 11 is 0. The normalized spacial score (nSPS) is 24.0. The highest BCUT2D eigenvalue weighted by molar-refractivity contribution is 5.86. The van der Waals surface area contributed by atoms with Crippen LogP contribution in [-0.4, -0.2) is 27.1 Å². The Labute approximate surface area is 189 Å². The number of allylic oxidation sites excluding steroid dienone is 6. The van der Waals surface area contributed by atoms with Crippen LogP contribution >= 0.6 is 0 Å². The van der Waals surface area contributed by atoms with Crippen LogP contribution in [0.5, 0.6) is 6.01 Å². The van der Waals surface area contributed by atoms with E-state index in [1.54, 1.807) is 0 Å². The fourth-order valence-corrected chi connectivity index (χ4v) is 4.89. The Kier molecular flexibility index (Phi) is 6.63. The Morgan fingerprint density at radius 3 is 2.72 bits per heavy atom. The number of aliphatic carboxylic acids is 1. The molecule has 2 aliphatic rings. The first-order valence-corrected chi connectivity index (χ1v) is 11.5. The zero-order chi connectivity index (χ0) is 22.7. The molecule has 0 saturated heterocycles. The van der Waals surface area contributed by atoms with Gasteiger partial charge in [0.2, 0.25) is 0 Å². The summed E-state index contributed by atoms with van der Waals surface area (Å²) in [6.45, 7) is 9.97. The number of rotatable bonds is 8.